The van der Waals surface area contributed by atoms with Gasteiger partial charge in [0, 0.05) is 17.8 Å². The summed E-state index contributed by atoms with van der Waals surface area (Å²) in [7, 11) is 1.64. The summed E-state index contributed by atoms with van der Waals surface area (Å²) < 4.78 is 5.21. The Labute approximate surface area is 162 Å². The predicted molar refractivity (Wildman–Crippen MR) is 107 cm³/mol. The van der Waals surface area contributed by atoms with Crippen molar-refractivity contribution in [3.63, 3.8) is 0 Å². The Kier molecular flexibility index (Phi) is 5.25. The molecule has 1 fully saturated rings. The number of methoxy groups -OCH3 is 1. The highest BCUT2D eigenvalue weighted by Gasteiger charge is 2.27. The average molecular weight is 379 g/mol. The molecule has 5 nitrogen and oxygen atoms in total. The normalized spacial score (nSPS) is 13.5. The van der Waals surface area contributed by atoms with E-state index in [9.17, 15) is 4.79 Å². The molecule has 0 bridgehead atoms. The zero-order valence-electron chi connectivity index (χ0n) is 15.1. The fraction of sp³-hybridized carbons (Fsp3) is 0.286. The van der Waals surface area contributed by atoms with E-state index in [0.717, 1.165) is 45.9 Å². The third-order valence-electron chi connectivity index (χ3n) is 4.49. The zero-order chi connectivity index (χ0) is 18.6. The van der Waals surface area contributed by atoms with Gasteiger partial charge in [-0.3, -0.25) is 4.79 Å². The maximum absolute atomic E-state index is 12.3. The quantitative estimate of drug-likeness (QED) is 0.498. The summed E-state index contributed by atoms with van der Waals surface area (Å²) in [6.45, 7) is 0.481. The van der Waals surface area contributed by atoms with Crippen molar-refractivity contribution in [3.8, 4) is 5.75 Å². The Hall–Kier alpha value is -2.60. The maximum atomic E-state index is 12.3. The van der Waals surface area contributed by atoms with Crippen LogP contribution in [0.5, 0.6) is 5.75 Å². The number of fused-ring (bicyclic) bond motifs is 1. The van der Waals surface area contributed by atoms with Crippen LogP contribution >= 0.6 is 11.8 Å². The first-order valence-corrected chi connectivity index (χ1v) is 10.0. The topological polar surface area (TPSA) is 64.1 Å². The predicted octanol–water partition coefficient (Wildman–Crippen LogP) is 3.92. The SMILES string of the molecule is COc1cccc(CNC(=O)CSc2nc(C3CC3)nc3ccccc23)c1. The van der Waals surface area contributed by atoms with Crippen molar-refractivity contribution in [2.24, 2.45) is 0 Å². The minimum absolute atomic E-state index is 0.0153. The van der Waals surface area contributed by atoms with E-state index in [1.807, 2.05) is 48.5 Å². The molecule has 1 N–H and O–H groups in total. The second-order valence-electron chi connectivity index (χ2n) is 6.60. The van der Waals surface area contributed by atoms with Gasteiger partial charge in [-0.05, 0) is 36.6 Å². The second kappa shape index (κ2) is 7.96. The lowest BCUT2D eigenvalue weighted by atomic mass is 10.2. The van der Waals surface area contributed by atoms with Gasteiger partial charge in [-0.15, -0.1) is 0 Å². The molecule has 0 radical (unpaired) electrons. The van der Waals surface area contributed by atoms with E-state index in [-0.39, 0.29) is 5.91 Å². The number of aromatic nitrogens is 2. The van der Waals surface area contributed by atoms with Crippen molar-refractivity contribution in [1.29, 1.82) is 0 Å². The molecule has 0 spiro atoms. The molecule has 6 heteroatoms. The molecule has 1 heterocycles. The molecule has 0 saturated heterocycles. The second-order valence-corrected chi connectivity index (χ2v) is 7.56. The molecule has 1 saturated carbocycles. The third kappa shape index (κ3) is 4.39. The third-order valence-corrected chi connectivity index (χ3v) is 5.48. The van der Waals surface area contributed by atoms with Gasteiger partial charge >= 0.3 is 0 Å². The number of rotatable bonds is 7. The minimum atomic E-state index is -0.0153. The van der Waals surface area contributed by atoms with Crippen molar-refractivity contribution in [3.05, 3.63) is 59.9 Å². The highest BCUT2D eigenvalue weighted by Crippen LogP contribution is 2.39. The molecule has 0 aliphatic heterocycles. The van der Waals surface area contributed by atoms with Crippen LogP contribution in [0.1, 0.15) is 30.1 Å². The molecule has 0 unspecified atom stereocenters. The summed E-state index contributed by atoms with van der Waals surface area (Å²) in [5.41, 5.74) is 1.96. The van der Waals surface area contributed by atoms with Crippen LogP contribution in [0.15, 0.2) is 53.6 Å². The Balaban J connectivity index is 1.41. The van der Waals surface area contributed by atoms with E-state index in [0.29, 0.717) is 18.2 Å². The minimum Gasteiger partial charge on any atom is -0.497 e. The Morgan fingerprint density at radius 2 is 2.04 bits per heavy atom. The van der Waals surface area contributed by atoms with Gasteiger partial charge in [0.1, 0.15) is 16.6 Å². The molecule has 4 rings (SSSR count). The number of nitrogens with one attached hydrogen (secondary N) is 1. The van der Waals surface area contributed by atoms with Crippen LogP contribution in [0.4, 0.5) is 0 Å². The van der Waals surface area contributed by atoms with Gasteiger partial charge in [-0.1, -0.05) is 42.1 Å². The van der Waals surface area contributed by atoms with Crippen LogP contribution in [0, 0.1) is 0 Å². The molecule has 138 valence electrons. The van der Waals surface area contributed by atoms with Crippen molar-refractivity contribution < 1.29 is 9.53 Å². The van der Waals surface area contributed by atoms with Crippen LogP contribution < -0.4 is 10.1 Å². The number of para-hydroxylation sites is 1. The van der Waals surface area contributed by atoms with Crippen molar-refractivity contribution >= 4 is 28.6 Å². The summed E-state index contributed by atoms with van der Waals surface area (Å²) in [6, 6.07) is 15.7. The van der Waals surface area contributed by atoms with Crippen molar-refractivity contribution in [2.45, 2.75) is 30.3 Å². The van der Waals surface area contributed by atoms with E-state index in [1.165, 1.54) is 11.8 Å². The first-order chi connectivity index (χ1) is 13.2. The maximum Gasteiger partial charge on any atom is 0.230 e. The summed E-state index contributed by atoms with van der Waals surface area (Å²) in [5.74, 6) is 2.49. The Bertz CT molecular complexity index is 973. The number of benzene rings is 2. The lowest BCUT2D eigenvalue weighted by Crippen LogP contribution is -2.24. The first-order valence-electron chi connectivity index (χ1n) is 9.02. The largest absolute Gasteiger partial charge is 0.497 e. The Morgan fingerprint density at radius 3 is 2.85 bits per heavy atom. The van der Waals surface area contributed by atoms with Crippen LogP contribution in [-0.2, 0) is 11.3 Å². The summed E-state index contributed by atoms with van der Waals surface area (Å²) in [4.78, 5) is 21.7. The van der Waals surface area contributed by atoms with Crippen LogP contribution in [0.25, 0.3) is 10.9 Å². The molecule has 27 heavy (non-hydrogen) atoms. The van der Waals surface area contributed by atoms with Crippen LogP contribution in [-0.4, -0.2) is 28.7 Å². The molecule has 1 aromatic heterocycles. The lowest BCUT2D eigenvalue weighted by molar-refractivity contribution is -0.118. The Morgan fingerprint density at radius 1 is 1.19 bits per heavy atom. The van der Waals surface area contributed by atoms with Crippen molar-refractivity contribution in [1.82, 2.24) is 15.3 Å². The molecule has 0 atom stereocenters. The van der Waals surface area contributed by atoms with E-state index in [1.54, 1.807) is 7.11 Å². The van der Waals surface area contributed by atoms with Gasteiger partial charge in [-0.2, -0.15) is 0 Å². The molecular formula is C21H21N3O2S. The van der Waals surface area contributed by atoms with Gasteiger partial charge in [0.2, 0.25) is 5.91 Å². The fourth-order valence-electron chi connectivity index (χ4n) is 2.87. The molecular weight excluding hydrogens is 358 g/mol. The molecule has 3 aromatic rings. The molecule has 1 aliphatic carbocycles. The first kappa shape index (κ1) is 17.8. The van der Waals surface area contributed by atoms with E-state index in [2.05, 4.69) is 10.3 Å². The van der Waals surface area contributed by atoms with Crippen molar-refractivity contribution in [2.75, 3.05) is 12.9 Å². The van der Waals surface area contributed by atoms with E-state index >= 15 is 0 Å². The number of thioether (sulfide) groups is 1. The van der Waals surface area contributed by atoms with Gasteiger partial charge in [0.05, 0.1) is 18.4 Å². The van der Waals surface area contributed by atoms with E-state index < -0.39 is 0 Å². The molecule has 2 aromatic carbocycles. The standard InChI is InChI=1S/C21H21N3O2S/c1-26-16-6-4-5-14(11-16)12-22-19(25)13-27-21-17-7-2-3-8-18(17)23-20(24-21)15-9-10-15/h2-8,11,15H,9-10,12-13H2,1H3,(H,22,25). The summed E-state index contributed by atoms with van der Waals surface area (Å²) in [5, 5.41) is 4.85. The molecule has 1 amide bonds. The number of ether oxygens (including phenoxy) is 1. The number of amides is 1. The van der Waals surface area contributed by atoms with Gasteiger partial charge < -0.3 is 10.1 Å². The number of carbonyl (C=O) groups is 1. The molecule has 1 aliphatic rings. The number of carbonyl (C=O) groups excluding carboxylic acids is 1. The van der Waals surface area contributed by atoms with Crippen LogP contribution in [0.2, 0.25) is 0 Å². The van der Waals surface area contributed by atoms with Gasteiger partial charge in [0.15, 0.2) is 0 Å². The zero-order valence-corrected chi connectivity index (χ0v) is 16.0. The fourth-order valence-corrected chi connectivity index (χ4v) is 3.72. The van der Waals surface area contributed by atoms with E-state index in [4.69, 9.17) is 9.72 Å². The number of hydrogen-bond donors (Lipinski definition) is 1. The van der Waals surface area contributed by atoms with Gasteiger partial charge in [-0.25, -0.2) is 9.97 Å². The number of nitrogens with zero attached hydrogens (tertiary/aromatic N) is 2. The lowest BCUT2D eigenvalue weighted by Gasteiger charge is -2.09. The average Bonchev–Trinajstić information content (AvgIpc) is 3.56. The smallest absolute Gasteiger partial charge is 0.230 e. The monoisotopic (exact) mass is 379 g/mol. The number of hydrogen-bond acceptors (Lipinski definition) is 5. The summed E-state index contributed by atoms with van der Waals surface area (Å²) in [6.07, 6.45) is 2.31. The summed E-state index contributed by atoms with van der Waals surface area (Å²) >= 11 is 1.47. The highest BCUT2D eigenvalue weighted by molar-refractivity contribution is 8.00. The van der Waals surface area contributed by atoms with Gasteiger partial charge in [0.25, 0.3) is 0 Å². The van der Waals surface area contributed by atoms with Crippen LogP contribution in [0.3, 0.4) is 0 Å². The highest BCUT2D eigenvalue weighted by atomic mass is 32.2.